The second kappa shape index (κ2) is 5.64. The van der Waals surface area contributed by atoms with Crippen LogP contribution in [0.15, 0.2) is 34.1 Å². The highest BCUT2D eigenvalue weighted by Crippen LogP contribution is 2.43. The van der Waals surface area contributed by atoms with Crippen LogP contribution in [0, 0.1) is 0 Å². The average Bonchev–Trinajstić information content (AvgIpc) is 3.28. The normalized spacial score (nSPS) is 23.2. The number of benzene rings is 1. The van der Waals surface area contributed by atoms with E-state index in [0.717, 1.165) is 17.3 Å². The van der Waals surface area contributed by atoms with Gasteiger partial charge in [0, 0.05) is 6.54 Å². The number of rotatable bonds is 3. The molecule has 4 rings (SSSR count). The summed E-state index contributed by atoms with van der Waals surface area (Å²) in [5.74, 6) is 0.553. The van der Waals surface area contributed by atoms with Crippen LogP contribution in [0.4, 0.5) is 0 Å². The van der Waals surface area contributed by atoms with Crippen molar-refractivity contribution in [1.82, 2.24) is 15.1 Å². The van der Waals surface area contributed by atoms with Gasteiger partial charge >= 0.3 is 0 Å². The van der Waals surface area contributed by atoms with Crippen molar-refractivity contribution in [3.8, 4) is 0 Å². The molecule has 2 aromatic rings. The second-order valence-electron chi connectivity index (χ2n) is 5.50. The van der Waals surface area contributed by atoms with Gasteiger partial charge in [-0.25, -0.2) is 0 Å². The van der Waals surface area contributed by atoms with Gasteiger partial charge in [-0.05, 0) is 17.5 Å². The first-order valence-corrected chi connectivity index (χ1v) is 9.02. The standard InChI is InChI=1S/C15H15N3O2S2/c19-13(8-21-14-17-16-10-22-14)18-6-5-15(9-18)12-4-2-1-3-11(12)7-20-15/h1-4,10H,5-9H2/t15-/m1/s1. The minimum atomic E-state index is -0.292. The molecular weight excluding hydrogens is 318 g/mol. The zero-order valence-corrected chi connectivity index (χ0v) is 13.5. The van der Waals surface area contributed by atoms with Crippen molar-refractivity contribution >= 4 is 29.0 Å². The zero-order valence-electron chi connectivity index (χ0n) is 11.9. The molecule has 3 heterocycles. The van der Waals surface area contributed by atoms with Crippen molar-refractivity contribution in [2.24, 2.45) is 0 Å². The molecule has 1 saturated heterocycles. The number of carbonyl (C=O) groups is 1. The highest BCUT2D eigenvalue weighted by molar-refractivity contribution is 8.01. The fraction of sp³-hybridized carbons (Fsp3) is 0.400. The van der Waals surface area contributed by atoms with E-state index in [0.29, 0.717) is 18.9 Å². The maximum absolute atomic E-state index is 12.4. The number of likely N-dealkylation sites (tertiary alicyclic amines) is 1. The summed E-state index contributed by atoms with van der Waals surface area (Å²) < 4.78 is 6.92. The molecule has 22 heavy (non-hydrogen) atoms. The Morgan fingerprint density at radius 1 is 1.45 bits per heavy atom. The Bertz CT molecular complexity index is 692. The molecule has 1 aromatic carbocycles. The lowest BCUT2D eigenvalue weighted by Gasteiger charge is -2.24. The topological polar surface area (TPSA) is 55.3 Å². The molecule has 2 aliphatic rings. The maximum atomic E-state index is 12.4. The summed E-state index contributed by atoms with van der Waals surface area (Å²) in [7, 11) is 0. The van der Waals surface area contributed by atoms with Crippen LogP contribution in [0.2, 0.25) is 0 Å². The lowest BCUT2D eigenvalue weighted by atomic mass is 9.92. The van der Waals surface area contributed by atoms with Gasteiger partial charge in [-0.3, -0.25) is 4.79 Å². The minimum absolute atomic E-state index is 0.144. The molecule has 1 fully saturated rings. The minimum Gasteiger partial charge on any atom is -0.364 e. The fourth-order valence-electron chi connectivity index (χ4n) is 3.16. The van der Waals surface area contributed by atoms with Gasteiger partial charge < -0.3 is 9.64 Å². The molecule has 2 aliphatic heterocycles. The molecule has 1 spiro atoms. The Labute approximate surface area is 136 Å². The summed E-state index contributed by atoms with van der Waals surface area (Å²) in [6.07, 6.45) is 0.874. The number of hydrogen-bond donors (Lipinski definition) is 0. The molecule has 5 nitrogen and oxygen atoms in total. The van der Waals surface area contributed by atoms with Gasteiger partial charge in [0.25, 0.3) is 0 Å². The van der Waals surface area contributed by atoms with E-state index in [2.05, 4.69) is 22.3 Å². The fourth-order valence-corrected chi connectivity index (χ4v) is 4.55. The first-order valence-electron chi connectivity index (χ1n) is 7.16. The summed E-state index contributed by atoms with van der Waals surface area (Å²) in [6, 6.07) is 8.33. The third-order valence-electron chi connectivity index (χ3n) is 4.26. The summed E-state index contributed by atoms with van der Waals surface area (Å²) in [4.78, 5) is 14.3. The number of ether oxygens (including phenoxy) is 1. The van der Waals surface area contributed by atoms with Gasteiger partial charge in [-0.1, -0.05) is 47.4 Å². The first-order chi connectivity index (χ1) is 10.8. The van der Waals surface area contributed by atoms with E-state index in [-0.39, 0.29) is 11.5 Å². The van der Waals surface area contributed by atoms with E-state index < -0.39 is 0 Å². The molecule has 0 saturated carbocycles. The van der Waals surface area contributed by atoms with Crippen LogP contribution in [0.5, 0.6) is 0 Å². The smallest absolute Gasteiger partial charge is 0.233 e. The highest BCUT2D eigenvalue weighted by atomic mass is 32.2. The third kappa shape index (κ3) is 2.43. The predicted molar refractivity (Wildman–Crippen MR) is 84.7 cm³/mol. The number of hydrogen-bond acceptors (Lipinski definition) is 6. The molecule has 0 aliphatic carbocycles. The largest absolute Gasteiger partial charge is 0.364 e. The Morgan fingerprint density at radius 2 is 2.36 bits per heavy atom. The SMILES string of the molecule is O=C(CSc1nncs1)N1CC[C@]2(C1)OCc1ccccc12. The van der Waals surface area contributed by atoms with Gasteiger partial charge in [0.2, 0.25) is 5.91 Å². The Kier molecular flexibility index (Phi) is 3.63. The van der Waals surface area contributed by atoms with Crippen LogP contribution < -0.4 is 0 Å². The van der Waals surface area contributed by atoms with Crippen molar-refractivity contribution in [2.45, 2.75) is 23.0 Å². The second-order valence-corrected chi connectivity index (χ2v) is 7.55. The number of thioether (sulfide) groups is 1. The van der Waals surface area contributed by atoms with Crippen molar-refractivity contribution in [3.05, 3.63) is 40.9 Å². The molecular formula is C15H15N3O2S2. The molecule has 1 aromatic heterocycles. The van der Waals surface area contributed by atoms with Gasteiger partial charge in [0.15, 0.2) is 4.34 Å². The van der Waals surface area contributed by atoms with E-state index in [1.807, 2.05) is 17.0 Å². The molecule has 1 amide bonds. The van der Waals surface area contributed by atoms with Crippen LogP contribution in [0.25, 0.3) is 0 Å². The summed E-state index contributed by atoms with van der Waals surface area (Å²) >= 11 is 2.91. The molecule has 1 atom stereocenters. The van der Waals surface area contributed by atoms with E-state index in [9.17, 15) is 4.79 Å². The van der Waals surface area contributed by atoms with Gasteiger partial charge in [0.1, 0.15) is 11.1 Å². The summed E-state index contributed by atoms with van der Waals surface area (Å²) in [5.41, 5.74) is 3.89. The van der Waals surface area contributed by atoms with Gasteiger partial charge in [-0.15, -0.1) is 10.2 Å². The monoisotopic (exact) mass is 333 g/mol. The number of amides is 1. The van der Waals surface area contributed by atoms with Gasteiger partial charge in [-0.2, -0.15) is 0 Å². The van der Waals surface area contributed by atoms with Crippen molar-refractivity contribution in [3.63, 3.8) is 0 Å². The summed E-state index contributed by atoms with van der Waals surface area (Å²) in [6.45, 7) is 2.06. The zero-order chi connectivity index (χ0) is 15.0. The molecule has 114 valence electrons. The van der Waals surface area contributed by atoms with Crippen molar-refractivity contribution in [2.75, 3.05) is 18.8 Å². The number of carbonyl (C=O) groups excluding carboxylic acids is 1. The Hall–Kier alpha value is -1.44. The molecule has 0 unspecified atom stereocenters. The summed E-state index contributed by atoms with van der Waals surface area (Å²) in [5, 5.41) is 7.73. The quantitative estimate of drug-likeness (QED) is 0.807. The lowest BCUT2D eigenvalue weighted by Crippen LogP contribution is -2.35. The Balaban J connectivity index is 1.43. The Morgan fingerprint density at radius 3 is 3.23 bits per heavy atom. The van der Waals surface area contributed by atoms with Crippen LogP contribution in [-0.2, 0) is 21.7 Å². The van der Waals surface area contributed by atoms with Crippen LogP contribution in [0.1, 0.15) is 17.5 Å². The van der Waals surface area contributed by atoms with E-state index in [4.69, 9.17) is 4.74 Å². The average molecular weight is 333 g/mol. The number of fused-ring (bicyclic) bond motifs is 2. The lowest BCUT2D eigenvalue weighted by molar-refractivity contribution is -0.128. The van der Waals surface area contributed by atoms with Crippen LogP contribution >= 0.6 is 23.1 Å². The van der Waals surface area contributed by atoms with Crippen LogP contribution in [0.3, 0.4) is 0 Å². The van der Waals surface area contributed by atoms with Crippen LogP contribution in [-0.4, -0.2) is 39.8 Å². The molecule has 0 radical (unpaired) electrons. The van der Waals surface area contributed by atoms with Gasteiger partial charge in [0.05, 0.1) is 18.9 Å². The number of aromatic nitrogens is 2. The van der Waals surface area contributed by atoms with Crippen molar-refractivity contribution in [1.29, 1.82) is 0 Å². The molecule has 0 N–H and O–H groups in total. The first kappa shape index (κ1) is 14.2. The van der Waals surface area contributed by atoms with E-state index in [1.54, 1.807) is 5.51 Å². The maximum Gasteiger partial charge on any atom is 0.233 e. The van der Waals surface area contributed by atoms with Crippen molar-refractivity contribution < 1.29 is 9.53 Å². The molecule has 0 bridgehead atoms. The highest BCUT2D eigenvalue weighted by Gasteiger charge is 2.46. The number of nitrogens with zero attached hydrogens (tertiary/aromatic N) is 3. The third-order valence-corrected chi connectivity index (χ3v) is 6.10. The van der Waals surface area contributed by atoms with E-state index >= 15 is 0 Å². The van der Waals surface area contributed by atoms with E-state index in [1.165, 1.54) is 34.2 Å². The molecule has 7 heteroatoms. The predicted octanol–water partition coefficient (Wildman–Crippen LogP) is 2.29.